The molecular formula is C10H10N2O4. The van der Waals surface area contributed by atoms with E-state index in [2.05, 4.69) is 0 Å². The van der Waals surface area contributed by atoms with E-state index in [-0.39, 0.29) is 5.69 Å². The average molecular weight is 222 g/mol. The lowest BCUT2D eigenvalue weighted by molar-refractivity contribution is -0.384. The number of benzene rings is 1. The minimum absolute atomic E-state index is 0.0450. The fourth-order valence-corrected chi connectivity index (χ4v) is 1.83. The van der Waals surface area contributed by atoms with Crippen molar-refractivity contribution in [1.82, 2.24) is 0 Å². The molecule has 0 saturated heterocycles. The maximum Gasteiger partial charge on any atom is 0.271 e. The second-order valence-electron chi connectivity index (χ2n) is 3.52. The van der Waals surface area contributed by atoms with E-state index < -0.39 is 17.4 Å². The summed E-state index contributed by atoms with van der Waals surface area (Å²) in [7, 11) is 0. The number of fused-ring (bicyclic) bond motifs is 1. The van der Waals surface area contributed by atoms with Crippen LogP contribution in [0.3, 0.4) is 0 Å². The van der Waals surface area contributed by atoms with Crippen LogP contribution in [-0.4, -0.2) is 29.1 Å². The Balaban J connectivity index is 2.40. The second-order valence-corrected chi connectivity index (χ2v) is 3.52. The summed E-state index contributed by atoms with van der Waals surface area (Å²) < 4.78 is 0. The van der Waals surface area contributed by atoms with Gasteiger partial charge in [0.1, 0.15) is 6.61 Å². The number of carbonyl (C=O) groups excluding carboxylic acids is 1. The molecule has 16 heavy (non-hydrogen) atoms. The van der Waals surface area contributed by atoms with Crippen molar-refractivity contribution in [1.29, 1.82) is 0 Å². The number of nitro benzene ring substituents is 1. The number of rotatable bonds is 2. The molecule has 84 valence electrons. The van der Waals surface area contributed by atoms with Crippen molar-refractivity contribution in [2.24, 2.45) is 0 Å². The number of aliphatic hydroxyl groups excluding tert-OH is 1. The summed E-state index contributed by atoms with van der Waals surface area (Å²) in [5.74, 6) is -0.431. The number of amides is 1. The lowest BCUT2D eigenvalue weighted by atomic mass is 10.1. The summed E-state index contributed by atoms with van der Waals surface area (Å²) in [5, 5.41) is 19.4. The van der Waals surface area contributed by atoms with Crippen molar-refractivity contribution in [3.63, 3.8) is 0 Å². The highest BCUT2D eigenvalue weighted by atomic mass is 16.6. The van der Waals surface area contributed by atoms with E-state index in [1.54, 1.807) is 6.07 Å². The van der Waals surface area contributed by atoms with E-state index in [1.165, 1.54) is 17.0 Å². The summed E-state index contributed by atoms with van der Waals surface area (Å²) in [6.45, 7) is -0.113. The smallest absolute Gasteiger partial charge is 0.271 e. The predicted molar refractivity (Wildman–Crippen MR) is 56.2 cm³/mol. The van der Waals surface area contributed by atoms with Crippen LogP contribution in [0.25, 0.3) is 0 Å². The molecule has 0 unspecified atom stereocenters. The first kappa shape index (κ1) is 10.6. The van der Waals surface area contributed by atoms with E-state index >= 15 is 0 Å². The largest absolute Gasteiger partial charge is 0.387 e. The van der Waals surface area contributed by atoms with E-state index in [4.69, 9.17) is 5.11 Å². The molecule has 1 N–H and O–H groups in total. The Kier molecular flexibility index (Phi) is 2.57. The van der Waals surface area contributed by atoms with Gasteiger partial charge in [0.05, 0.1) is 10.6 Å². The zero-order chi connectivity index (χ0) is 11.7. The van der Waals surface area contributed by atoms with Gasteiger partial charge in [0.2, 0.25) is 0 Å². The molecule has 6 nitrogen and oxygen atoms in total. The van der Waals surface area contributed by atoms with Crippen LogP contribution >= 0.6 is 0 Å². The number of anilines is 1. The Morgan fingerprint density at radius 1 is 1.56 bits per heavy atom. The Morgan fingerprint density at radius 3 is 2.94 bits per heavy atom. The lowest BCUT2D eigenvalue weighted by Gasteiger charge is -2.15. The van der Waals surface area contributed by atoms with Crippen LogP contribution in [-0.2, 0) is 11.2 Å². The monoisotopic (exact) mass is 222 g/mol. The maximum atomic E-state index is 11.4. The van der Waals surface area contributed by atoms with Gasteiger partial charge in [-0.05, 0) is 12.0 Å². The van der Waals surface area contributed by atoms with Crippen molar-refractivity contribution in [3.8, 4) is 0 Å². The van der Waals surface area contributed by atoms with Gasteiger partial charge in [0.15, 0.2) is 0 Å². The van der Waals surface area contributed by atoms with Gasteiger partial charge in [-0.15, -0.1) is 0 Å². The van der Waals surface area contributed by atoms with E-state index in [0.29, 0.717) is 18.7 Å². The summed E-state index contributed by atoms with van der Waals surface area (Å²) in [6.07, 6.45) is 0.666. The Morgan fingerprint density at radius 2 is 2.31 bits per heavy atom. The van der Waals surface area contributed by atoms with Crippen LogP contribution in [0.5, 0.6) is 0 Å². The Labute approximate surface area is 91.3 Å². The Hall–Kier alpha value is -1.95. The van der Waals surface area contributed by atoms with E-state index in [0.717, 1.165) is 5.56 Å². The zero-order valence-electron chi connectivity index (χ0n) is 8.42. The molecule has 0 atom stereocenters. The van der Waals surface area contributed by atoms with Crippen molar-refractivity contribution in [2.45, 2.75) is 6.42 Å². The lowest BCUT2D eigenvalue weighted by Crippen LogP contribution is -2.31. The highest BCUT2D eigenvalue weighted by Crippen LogP contribution is 2.31. The highest BCUT2D eigenvalue weighted by Gasteiger charge is 2.25. The van der Waals surface area contributed by atoms with Gasteiger partial charge in [0, 0.05) is 18.7 Å². The molecular weight excluding hydrogens is 212 g/mol. The van der Waals surface area contributed by atoms with Crippen LogP contribution in [0.15, 0.2) is 18.2 Å². The first-order valence-electron chi connectivity index (χ1n) is 4.82. The number of nitrogens with zero attached hydrogens (tertiary/aromatic N) is 2. The van der Waals surface area contributed by atoms with Crippen LogP contribution in [0.2, 0.25) is 0 Å². The van der Waals surface area contributed by atoms with Crippen molar-refractivity contribution < 1.29 is 14.8 Å². The molecule has 1 aromatic rings. The van der Waals surface area contributed by atoms with Gasteiger partial charge >= 0.3 is 0 Å². The van der Waals surface area contributed by atoms with E-state index in [9.17, 15) is 14.9 Å². The fourth-order valence-electron chi connectivity index (χ4n) is 1.83. The third-order valence-corrected chi connectivity index (χ3v) is 2.61. The predicted octanol–water partition coefficient (Wildman–Crippen LogP) is 0.476. The SMILES string of the molecule is O=C(CO)N1CCc2ccc([N+](=O)[O-])cc21. The number of non-ortho nitro benzene ring substituents is 1. The number of nitro groups is 1. The summed E-state index contributed by atoms with van der Waals surface area (Å²) in [4.78, 5) is 22.8. The topological polar surface area (TPSA) is 83.7 Å². The second kappa shape index (κ2) is 3.90. The normalized spacial score (nSPS) is 13.7. The molecule has 1 aliphatic rings. The van der Waals surface area contributed by atoms with E-state index in [1.807, 2.05) is 0 Å². The highest BCUT2D eigenvalue weighted by molar-refractivity contribution is 5.96. The van der Waals surface area contributed by atoms with Crippen molar-refractivity contribution in [3.05, 3.63) is 33.9 Å². The van der Waals surface area contributed by atoms with Gasteiger partial charge in [-0.3, -0.25) is 14.9 Å². The number of hydrogen-bond donors (Lipinski definition) is 1. The first-order chi connectivity index (χ1) is 7.63. The molecule has 0 aliphatic carbocycles. The van der Waals surface area contributed by atoms with Gasteiger partial charge in [-0.2, -0.15) is 0 Å². The number of aliphatic hydroxyl groups is 1. The average Bonchev–Trinajstić information content (AvgIpc) is 2.70. The van der Waals surface area contributed by atoms with Crippen LogP contribution < -0.4 is 4.90 Å². The molecule has 0 radical (unpaired) electrons. The minimum Gasteiger partial charge on any atom is -0.387 e. The number of carbonyl (C=O) groups is 1. The van der Waals surface area contributed by atoms with Crippen molar-refractivity contribution >= 4 is 17.3 Å². The van der Waals surface area contributed by atoms with Crippen LogP contribution in [0.1, 0.15) is 5.56 Å². The quantitative estimate of drug-likeness (QED) is 0.582. The van der Waals surface area contributed by atoms with Gasteiger partial charge in [-0.25, -0.2) is 0 Å². The third-order valence-electron chi connectivity index (χ3n) is 2.61. The molecule has 0 fully saturated rings. The van der Waals surface area contributed by atoms with Crippen LogP contribution in [0.4, 0.5) is 11.4 Å². The standard InChI is InChI=1S/C10H10N2O4/c13-6-10(14)11-4-3-7-1-2-8(12(15)16)5-9(7)11/h1-2,5,13H,3-4,6H2. The molecule has 1 aromatic carbocycles. The molecule has 2 rings (SSSR count). The maximum absolute atomic E-state index is 11.4. The Bertz CT molecular complexity index is 458. The molecule has 1 heterocycles. The molecule has 1 aliphatic heterocycles. The molecule has 1 amide bonds. The molecule has 0 aromatic heterocycles. The summed E-state index contributed by atoms with van der Waals surface area (Å²) in [6, 6.07) is 4.44. The molecule has 0 bridgehead atoms. The summed E-state index contributed by atoms with van der Waals surface area (Å²) >= 11 is 0. The zero-order valence-corrected chi connectivity index (χ0v) is 8.42. The van der Waals surface area contributed by atoms with Gasteiger partial charge in [-0.1, -0.05) is 6.07 Å². The molecule has 6 heteroatoms. The third kappa shape index (κ3) is 1.63. The van der Waals surface area contributed by atoms with Crippen LogP contribution in [0, 0.1) is 10.1 Å². The molecule has 0 saturated carbocycles. The van der Waals surface area contributed by atoms with Gasteiger partial charge in [0.25, 0.3) is 11.6 Å². The number of hydrogen-bond acceptors (Lipinski definition) is 4. The summed E-state index contributed by atoms with van der Waals surface area (Å²) in [5.41, 5.74) is 1.39. The van der Waals surface area contributed by atoms with Crippen molar-refractivity contribution in [2.75, 3.05) is 18.1 Å². The first-order valence-corrected chi connectivity index (χ1v) is 4.82. The molecule has 0 spiro atoms. The minimum atomic E-state index is -0.581. The fraction of sp³-hybridized carbons (Fsp3) is 0.300. The van der Waals surface area contributed by atoms with Gasteiger partial charge < -0.3 is 10.0 Å².